The van der Waals surface area contributed by atoms with Gasteiger partial charge in [-0.3, -0.25) is 4.90 Å². The molecule has 1 aromatic heterocycles. The number of aryl methyl sites for hydroxylation is 1. The lowest BCUT2D eigenvalue weighted by atomic mass is 10.2. The van der Waals surface area contributed by atoms with Crippen LogP contribution < -0.4 is 4.74 Å². The smallest absolute Gasteiger partial charge is 0.227 e. The second-order valence-electron chi connectivity index (χ2n) is 8.80. The molecule has 1 aliphatic rings. The Balaban J connectivity index is 1.65. The molecule has 0 aliphatic heterocycles. The first-order chi connectivity index (χ1) is 16.9. The summed E-state index contributed by atoms with van der Waals surface area (Å²) in [5, 5.41) is 15.2. The van der Waals surface area contributed by atoms with E-state index in [1.807, 2.05) is 37.3 Å². The Morgan fingerprint density at radius 1 is 1.23 bits per heavy atom. The molecule has 8 heteroatoms. The van der Waals surface area contributed by atoms with Crippen LogP contribution in [0.2, 0.25) is 0 Å². The highest BCUT2D eigenvalue weighted by atomic mass is 19.1. The average Bonchev–Trinajstić information content (AvgIpc) is 3.60. The van der Waals surface area contributed by atoms with E-state index in [1.165, 1.54) is 6.07 Å². The van der Waals surface area contributed by atoms with Gasteiger partial charge in [0.2, 0.25) is 5.88 Å². The topological polar surface area (TPSA) is 59.8 Å². The Morgan fingerprint density at radius 2 is 2.00 bits per heavy atom. The van der Waals surface area contributed by atoms with Crippen LogP contribution in [0.15, 0.2) is 48.5 Å². The van der Waals surface area contributed by atoms with Crippen LogP contribution in [0, 0.1) is 36.8 Å². The van der Waals surface area contributed by atoms with Crippen LogP contribution in [0.4, 0.5) is 8.78 Å². The lowest BCUT2D eigenvalue weighted by Crippen LogP contribution is -2.36. The summed E-state index contributed by atoms with van der Waals surface area (Å²) in [7, 11) is 0. The van der Waals surface area contributed by atoms with Gasteiger partial charge in [0.25, 0.3) is 0 Å². The minimum absolute atomic E-state index is 0.0961. The lowest BCUT2D eigenvalue weighted by molar-refractivity contribution is 0.0250. The minimum atomic E-state index is -0.801. The first-order valence-electron chi connectivity index (χ1n) is 11.6. The number of aromatic nitrogens is 2. The third-order valence-corrected chi connectivity index (χ3v) is 5.80. The van der Waals surface area contributed by atoms with Crippen molar-refractivity contribution in [2.75, 3.05) is 26.3 Å². The van der Waals surface area contributed by atoms with E-state index in [2.05, 4.69) is 15.9 Å². The molecule has 1 saturated carbocycles. The van der Waals surface area contributed by atoms with Gasteiger partial charge in [-0.1, -0.05) is 24.1 Å². The molecule has 1 aliphatic carbocycles. The summed E-state index contributed by atoms with van der Waals surface area (Å²) >= 11 is 0. The van der Waals surface area contributed by atoms with E-state index in [4.69, 9.17) is 15.9 Å². The van der Waals surface area contributed by atoms with Crippen LogP contribution in [0.5, 0.6) is 11.6 Å². The second-order valence-corrected chi connectivity index (χ2v) is 8.80. The molecule has 4 rings (SSSR count). The molecule has 0 spiro atoms. The minimum Gasteiger partial charge on any atom is -0.435 e. The number of aliphatic hydroxyl groups is 1. The van der Waals surface area contributed by atoms with Gasteiger partial charge in [-0.15, -0.1) is 6.42 Å². The van der Waals surface area contributed by atoms with Crippen LogP contribution in [0.25, 0.3) is 5.69 Å². The van der Waals surface area contributed by atoms with E-state index in [9.17, 15) is 13.9 Å². The van der Waals surface area contributed by atoms with Crippen LogP contribution >= 0.6 is 0 Å². The van der Waals surface area contributed by atoms with Crippen molar-refractivity contribution in [3.63, 3.8) is 0 Å². The first kappa shape index (κ1) is 24.9. The Kier molecular flexibility index (Phi) is 8.13. The molecule has 1 fully saturated rings. The van der Waals surface area contributed by atoms with Gasteiger partial charge in [-0.05, 0) is 49.9 Å². The summed E-state index contributed by atoms with van der Waals surface area (Å²) in [5.74, 6) is 1.73. The molecule has 1 heterocycles. The van der Waals surface area contributed by atoms with Crippen molar-refractivity contribution < 1.29 is 23.4 Å². The Bertz CT molecular complexity index is 1170. The Labute approximate surface area is 204 Å². The first-order valence-corrected chi connectivity index (χ1v) is 11.6. The predicted molar refractivity (Wildman–Crippen MR) is 128 cm³/mol. The zero-order chi connectivity index (χ0) is 24.8. The number of halogens is 2. The van der Waals surface area contributed by atoms with Gasteiger partial charge in [0.05, 0.1) is 29.7 Å². The molecule has 1 atom stereocenters. The summed E-state index contributed by atoms with van der Waals surface area (Å²) in [4.78, 5) is 2.13. The van der Waals surface area contributed by atoms with Gasteiger partial charge in [-0.25, -0.2) is 13.5 Å². The van der Waals surface area contributed by atoms with E-state index in [0.29, 0.717) is 30.6 Å². The van der Waals surface area contributed by atoms with E-state index in [0.717, 1.165) is 42.8 Å². The highest BCUT2D eigenvalue weighted by Gasteiger charge is 2.28. The van der Waals surface area contributed by atoms with Crippen LogP contribution in [0.3, 0.4) is 0 Å². The Morgan fingerprint density at radius 3 is 2.69 bits per heavy atom. The van der Waals surface area contributed by atoms with Gasteiger partial charge >= 0.3 is 0 Å². The molecule has 0 amide bonds. The SMILES string of the molecule is C#CCOC[C@@H](O)CN(Cc1c(C)nn(-c2ccccc2)c1Oc1ccc(F)cc1F)CC1CC1. The molecule has 0 bridgehead atoms. The monoisotopic (exact) mass is 481 g/mol. The fraction of sp³-hybridized carbons (Fsp3) is 0.370. The maximum absolute atomic E-state index is 14.5. The number of benzene rings is 2. The van der Waals surface area contributed by atoms with Gasteiger partial charge in [0, 0.05) is 25.7 Å². The summed E-state index contributed by atoms with van der Waals surface area (Å²) in [5.41, 5.74) is 2.22. The number of nitrogens with zero attached hydrogens (tertiary/aromatic N) is 3. The van der Waals surface area contributed by atoms with Crippen molar-refractivity contribution in [1.82, 2.24) is 14.7 Å². The summed E-state index contributed by atoms with van der Waals surface area (Å²) in [6.45, 7) is 3.75. The normalized spacial score (nSPS) is 14.2. The van der Waals surface area contributed by atoms with Crippen LogP contribution in [-0.4, -0.2) is 52.2 Å². The number of ether oxygens (including phenoxy) is 2. The molecular weight excluding hydrogens is 452 g/mol. The maximum Gasteiger partial charge on any atom is 0.227 e. The number of rotatable bonds is 12. The molecule has 0 radical (unpaired) electrons. The molecule has 0 saturated heterocycles. The number of hydrogen-bond acceptors (Lipinski definition) is 5. The predicted octanol–water partition coefficient (Wildman–Crippen LogP) is 4.47. The zero-order valence-electron chi connectivity index (χ0n) is 19.7. The van der Waals surface area contributed by atoms with Gasteiger partial charge in [0.1, 0.15) is 12.4 Å². The molecule has 0 unspecified atom stereocenters. The molecule has 2 aromatic carbocycles. The average molecular weight is 482 g/mol. The molecule has 6 nitrogen and oxygen atoms in total. The van der Waals surface area contributed by atoms with Gasteiger partial charge in [0.15, 0.2) is 11.6 Å². The fourth-order valence-electron chi connectivity index (χ4n) is 3.93. The van der Waals surface area contributed by atoms with Crippen molar-refractivity contribution in [2.45, 2.75) is 32.4 Å². The lowest BCUT2D eigenvalue weighted by Gasteiger charge is -2.25. The van der Waals surface area contributed by atoms with Crippen molar-refractivity contribution in [3.8, 4) is 29.7 Å². The summed E-state index contributed by atoms with van der Waals surface area (Å²) in [6.07, 6.45) is 6.79. The van der Waals surface area contributed by atoms with E-state index >= 15 is 0 Å². The molecule has 3 aromatic rings. The number of para-hydroxylation sites is 1. The van der Waals surface area contributed by atoms with Crippen molar-refractivity contribution in [3.05, 3.63) is 71.4 Å². The van der Waals surface area contributed by atoms with E-state index in [-0.39, 0.29) is 19.0 Å². The molecule has 184 valence electrons. The zero-order valence-corrected chi connectivity index (χ0v) is 19.7. The van der Waals surface area contributed by atoms with Crippen molar-refractivity contribution in [2.24, 2.45) is 5.92 Å². The fourth-order valence-corrected chi connectivity index (χ4v) is 3.93. The highest BCUT2D eigenvalue weighted by molar-refractivity contribution is 5.43. The largest absolute Gasteiger partial charge is 0.435 e. The molecule has 1 N–H and O–H groups in total. The third kappa shape index (κ3) is 6.67. The highest BCUT2D eigenvalue weighted by Crippen LogP contribution is 2.35. The second kappa shape index (κ2) is 11.5. The number of aliphatic hydroxyl groups excluding tert-OH is 1. The Hall–Kier alpha value is -3.25. The van der Waals surface area contributed by atoms with Crippen LogP contribution in [-0.2, 0) is 11.3 Å². The molecular formula is C27H29F2N3O3. The summed E-state index contributed by atoms with van der Waals surface area (Å²) < 4.78 is 40.9. The quantitative estimate of drug-likeness (QED) is 0.306. The van der Waals surface area contributed by atoms with E-state index in [1.54, 1.807) is 4.68 Å². The molecule has 35 heavy (non-hydrogen) atoms. The van der Waals surface area contributed by atoms with Gasteiger partial charge in [-0.2, -0.15) is 5.10 Å². The number of hydrogen-bond donors (Lipinski definition) is 1. The third-order valence-electron chi connectivity index (χ3n) is 5.80. The van der Waals surface area contributed by atoms with Crippen molar-refractivity contribution in [1.29, 1.82) is 0 Å². The maximum atomic E-state index is 14.5. The van der Waals surface area contributed by atoms with E-state index < -0.39 is 17.7 Å². The van der Waals surface area contributed by atoms with Crippen molar-refractivity contribution >= 4 is 0 Å². The van der Waals surface area contributed by atoms with Crippen LogP contribution in [0.1, 0.15) is 24.1 Å². The number of terminal acetylenes is 1. The summed E-state index contributed by atoms with van der Waals surface area (Å²) in [6, 6.07) is 12.6. The van der Waals surface area contributed by atoms with Gasteiger partial charge < -0.3 is 14.6 Å². The standard InChI is InChI=1S/C27H29F2N3O3/c1-3-13-34-18-23(33)16-31(15-20-9-10-20)17-24-19(2)30-32(22-7-5-4-6-8-22)27(24)35-26-12-11-21(28)14-25(26)29/h1,4-8,11-12,14,20,23,33H,9-10,13,15-18H2,2H3/t23-/m0/s1.